The number of hydrogen-bond donors (Lipinski definition) is 1. The predicted octanol–water partition coefficient (Wildman–Crippen LogP) is 4.30. The average Bonchev–Trinajstić information content (AvgIpc) is 3.23. The molecule has 2 aromatic carbocycles. The van der Waals surface area contributed by atoms with Crippen LogP contribution in [0.4, 0.5) is 18.9 Å². The molecule has 6 nitrogen and oxygen atoms in total. The van der Waals surface area contributed by atoms with Crippen LogP contribution in [-0.2, 0) is 11.0 Å². The van der Waals surface area contributed by atoms with Crippen LogP contribution in [-0.4, -0.2) is 49.9 Å². The van der Waals surface area contributed by atoms with Crippen molar-refractivity contribution in [1.82, 2.24) is 10.2 Å². The molecule has 2 aromatic rings. The lowest BCUT2D eigenvalue weighted by Gasteiger charge is -2.42. The number of piperidine rings is 1. The Hall–Kier alpha value is -3.54. The lowest BCUT2D eigenvalue weighted by molar-refractivity contribution is -0.137. The van der Waals surface area contributed by atoms with Crippen molar-refractivity contribution in [2.24, 2.45) is 11.3 Å². The summed E-state index contributed by atoms with van der Waals surface area (Å²) in [5, 5.41) is 11.8. The molecule has 4 rings (SSSR count). The first-order valence-corrected chi connectivity index (χ1v) is 11.9. The zero-order valence-electron chi connectivity index (χ0n) is 20.6. The van der Waals surface area contributed by atoms with Crippen LogP contribution in [0.25, 0.3) is 0 Å². The molecule has 1 unspecified atom stereocenters. The van der Waals surface area contributed by atoms with Crippen molar-refractivity contribution in [3.63, 3.8) is 0 Å². The Morgan fingerprint density at radius 1 is 1.08 bits per heavy atom. The van der Waals surface area contributed by atoms with Gasteiger partial charge in [-0.3, -0.25) is 9.59 Å². The molecule has 2 amide bonds. The first-order valence-electron chi connectivity index (χ1n) is 11.9. The highest BCUT2D eigenvalue weighted by molar-refractivity contribution is 5.94. The molecule has 2 aliphatic rings. The Balaban J connectivity index is 1.57. The highest BCUT2D eigenvalue weighted by atomic mass is 19.4. The van der Waals surface area contributed by atoms with Crippen molar-refractivity contribution in [2.45, 2.75) is 32.9 Å². The summed E-state index contributed by atoms with van der Waals surface area (Å²) >= 11 is 0. The second-order valence-corrected chi connectivity index (χ2v) is 9.84. The molecule has 1 spiro atoms. The Kier molecular flexibility index (Phi) is 6.74. The van der Waals surface area contributed by atoms with Gasteiger partial charge in [-0.1, -0.05) is 6.07 Å². The van der Waals surface area contributed by atoms with Gasteiger partial charge < -0.3 is 15.1 Å². The van der Waals surface area contributed by atoms with E-state index in [1.165, 1.54) is 12.1 Å². The highest BCUT2D eigenvalue weighted by Gasteiger charge is 2.51. The maximum atomic E-state index is 13.5. The molecule has 1 atom stereocenters. The summed E-state index contributed by atoms with van der Waals surface area (Å²) in [4.78, 5) is 29.6. The molecular weight excluding hydrogens is 469 g/mol. The summed E-state index contributed by atoms with van der Waals surface area (Å²) in [5.74, 6) is -0.635. The van der Waals surface area contributed by atoms with E-state index in [9.17, 15) is 22.8 Å². The van der Waals surface area contributed by atoms with Crippen LogP contribution in [0, 0.1) is 36.5 Å². The van der Waals surface area contributed by atoms with Gasteiger partial charge in [-0.2, -0.15) is 18.4 Å². The van der Waals surface area contributed by atoms with E-state index in [4.69, 9.17) is 5.26 Å². The van der Waals surface area contributed by atoms with Crippen LogP contribution in [0.15, 0.2) is 36.4 Å². The largest absolute Gasteiger partial charge is 0.417 e. The number of nitriles is 1. The highest BCUT2D eigenvalue weighted by Crippen LogP contribution is 2.47. The van der Waals surface area contributed by atoms with E-state index < -0.39 is 28.6 Å². The SMILES string of the molecule is CNC(=O)C1CN(c2ccc(C#N)c(C(F)(F)F)c2)CC12CCN(C(=O)c1ccc(C)c(C)c1)CC2. The molecule has 2 saturated heterocycles. The van der Waals surface area contributed by atoms with E-state index in [2.05, 4.69) is 5.32 Å². The predicted molar refractivity (Wildman–Crippen MR) is 129 cm³/mol. The topological polar surface area (TPSA) is 76.4 Å². The number of aryl methyl sites for hydroxylation is 2. The van der Waals surface area contributed by atoms with Crippen molar-refractivity contribution < 1.29 is 22.8 Å². The number of nitrogens with one attached hydrogen (secondary N) is 1. The standard InChI is InChI=1S/C27H29F3N4O2/c1-17-4-5-19(12-18(17)2)25(36)33-10-8-26(9-11-33)16-34(15-23(26)24(35)32-3)21-7-6-20(14-31)22(13-21)27(28,29)30/h4-7,12-13,23H,8-11,15-16H2,1-3H3,(H,32,35). The van der Waals surface area contributed by atoms with Gasteiger partial charge >= 0.3 is 6.18 Å². The summed E-state index contributed by atoms with van der Waals surface area (Å²) in [7, 11) is 1.56. The third kappa shape index (κ3) is 4.64. The minimum Gasteiger partial charge on any atom is -0.370 e. The van der Waals surface area contributed by atoms with Gasteiger partial charge in [-0.25, -0.2) is 0 Å². The number of carbonyl (C=O) groups excluding carboxylic acids is 2. The van der Waals surface area contributed by atoms with Gasteiger partial charge in [-0.15, -0.1) is 0 Å². The second-order valence-electron chi connectivity index (χ2n) is 9.84. The minimum absolute atomic E-state index is 0.0544. The number of benzene rings is 2. The summed E-state index contributed by atoms with van der Waals surface area (Å²) in [6, 6.07) is 10.9. The first-order chi connectivity index (χ1) is 17.0. The van der Waals surface area contributed by atoms with Crippen LogP contribution in [0.3, 0.4) is 0 Å². The molecule has 0 radical (unpaired) electrons. The van der Waals surface area contributed by atoms with Crippen LogP contribution < -0.4 is 10.2 Å². The van der Waals surface area contributed by atoms with Gasteiger partial charge in [0.2, 0.25) is 5.91 Å². The molecule has 2 aliphatic heterocycles. The summed E-state index contributed by atoms with van der Waals surface area (Å²) in [6.45, 7) is 5.56. The number of amides is 2. The van der Waals surface area contributed by atoms with E-state index in [-0.39, 0.29) is 18.4 Å². The Labute approximate surface area is 208 Å². The monoisotopic (exact) mass is 498 g/mol. The number of nitrogens with zero attached hydrogens (tertiary/aromatic N) is 3. The fourth-order valence-electron chi connectivity index (χ4n) is 5.48. The van der Waals surface area contributed by atoms with E-state index in [1.807, 2.05) is 32.0 Å². The molecule has 190 valence electrons. The second kappa shape index (κ2) is 9.49. The molecule has 0 aliphatic carbocycles. The van der Waals surface area contributed by atoms with Gasteiger partial charge in [0, 0.05) is 49.9 Å². The van der Waals surface area contributed by atoms with Crippen LogP contribution in [0.1, 0.15) is 45.5 Å². The van der Waals surface area contributed by atoms with E-state index in [0.717, 1.165) is 17.2 Å². The number of anilines is 1. The lowest BCUT2D eigenvalue weighted by atomic mass is 9.70. The molecular formula is C27H29F3N4O2. The zero-order valence-corrected chi connectivity index (χ0v) is 20.6. The van der Waals surface area contributed by atoms with Crippen molar-refractivity contribution in [1.29, 1.82) is 5.26 Å². The number of carbonyl (C=O) groups is 2. The fraction of sp³-hybridized carbons (Fsp3) is 0.444. The van der Waals surface area contributed by atoms with Crippen LogP contribution in [0.2, 0.25) is 0 Å². The first kappa shape index (κ1) is 25.5. The summed E-state index contributed by atoms with van der Waals surface area (Å²) in [6.07, 6.45) is -3.51. The minimum atomic E-state index is -4.65. The Bertz CT molecular complexity index is 1230. The average molecular weight is 499 g/mol. The number of halogens is 3. The Morgan fingerprint density at radius 3 is 2.36 bits per heavy atom. The van der Waals surface area contributed by atoms with Gasteiger partial charge in [0.1, 0.15) is 0 Å². The smallest absolute Gasteiger partial charge is 0.370 e. The van der Waals surface area contributed by atoms with E-state index >= 15 is 0 Å². The lowest BCUT2D eigenvalue weighted by Crippen LogP contribution is -2.49. The fourth-order valence-corrected chi connectivity index (χ4v) is 5.48. The number of likely N-dealkylation sites (tertiary alicyclic amines) is 1. The third-order valence-electron chi connectivity index (χ3n) is 7.81. The van der Waals surface area contributed by atoms with Crippen molar-refractivity contribution in [3.05, 3.63) is 64.2 Å². The molecule has 2 fully saturated rings. The van der Waals surface area contributed by atoms with E-state index in [1.54, 1.807) is 22.9 Å². The Morgan fingerprint density at radius 2 is 1.78 bits per heavy atom. The third-order valence-corrected chi connectivity index (χ3v) is 7.81. The summed E-state index contributed by atoms with van der Waals surface area (Å²) < 4.78 is 40.6. The maximum absolute atomic E-state index is 13.5. The maximum Gasteiger partial charge on any atom is 0.417 e. The van der Waals surface area contributed by atoms with Crippen molar-refractivity contribution >= 4 is 17.5 Å². The molecule has 0 aromatic heterocycles. The molecule has 0 bridgehead atoms. The molecule has 36 heavy (non-hydrogen) atoms. The van der Waals surface area contributed by atoms with Crippen molar-refractivity contribution in [3.8, 4) is 6.07 Å². The molecule has 0 saturated carbocycles. The number of rotatable bonds is 3. The normalized spacial score (nSPS) is 19.3. The van der Waals surface area contributed by atoms with Crippen LogP contribution >= 0.6 is 0 Å². The zero-order chi connectivity index (χ0) is 26.3. The summed E-state index contributed by atoms with van der Waals surface area (Å²) in [5.41, 5.74) is 1.24. The number of alkyl halides is 3. The molecule has 2 heterocycles. The molecule has 1 N–H and O–H groups in total. The van der Waals surface area contributed by atoms with Crippen LogP contribution in [0.5, 0.6) is 0 Å². The van der Waals surface area contributed by atoms with E-state index in [0.29, 0.717) is 43.7 Å². The van der Waals surface area contributed by atoms with Gasteiger partial charge in [0.25, 0.3) is 5.91 Å². The van der Waals surface area contributed by atoms with Gasteiger partial charge in [0.05, 0.1) is 23.1 Å². The quantitative estimate of drug-likeness (QED) is 0.685. The van der Waals surface area contributed by atoms with Gasteiger partial charge in [-0.05, 0) is 68.1 Å². The number of hydrogen-bond acceptors (Lipinski definition) is 4. The van der Waals surface area contributed by atoms with Gasteiger partial charge in [0.15, 0.2) is 0 Å². The van der Waals surface area contributed by atoms with Crippen molar-refractivity contribution in [2.75, 3.05) is 38.1 Å². The molecule has 9 heteroatoms.